The minimum Gasteiger partial charge on any atom is -0.384 e. The van der Waals surface area contributed by atoms with Gasteiger partial charge in [-0.05, 0) is 46.4 Å². The average Bonchev–Trinajstić information content (AvgIpc) is 2.37. The van der Waals surface area contributed by atoms with Crippen molar-refractivity contribution in [3.05, 3.63) is 17.6 Å². The average molecular weight is 263 g/mol. The molecule has 0 saturated carbocycles. The van der Waals surface area contributed by atoms with E-state index in [1.54, 1.807) is 0 Å². The molecule has 0 atom stereocenters. The fourth-order valence-corrected chi connectivity index (χ4v) is 2.76. The van der Waals surface area contributed by atoms with Crippen molar-refractivity contribution in [2.45, 2.75) is 39.3 Å². The molecule has 0 radical (unpaired) electrons. The zero-order chi connectivity index (χ0) is 13.8. The number of nitrogen functional groups attached to an aromatic ring is 1. The Balaban J connectivity index is 1.92. The van der Waals surface area contributed by atoms with E-state index in [9.17, 15) is 0 Å². The van der Waals surface area contributed by atoms with Gasteiger partial charge in [0.15, 0.2) is 0 Å². The highest BCUT2D eigenvalue weighted by Gasteiger charge is 2.22. The normalized spacial score (nSPS) is 18.1. The number of piperidine rings is 1. The molecule has 5 nitrogen and oxygen atoms in total. The van der Waals surface area contributed by atoms with Crippen molar-refractivity contribution in [3.8, 4) is 0 Å². The van der Waals surface area contributed by atoms with Gasteiger partial charge in [-0.25, -0.2) is 9.97 Å². The van der Waals surface area contributed by atoms with Crippen molar-refractivity contribution in [3.63, 3.8) is 0 Å². The lowest BCUT2D eigenvalue weighted by molar-refractivity contribution is 0.125. The lowest BCUT2D eigenvalue weighted by Crippen LogP contribution is -2.43. The van der Waals surface area contributed by atoms with Crippen molar-refractivity contribution in [2.24, 2.45) is 0 Å². The largest absolute Gasteiger partial charge is 0.384 e. The second kappa shape index (κ2) is 6.30. The smallest absolute Gasteiger partial charge is 0.144 e. The Bertz CT molecular complexity index is 392. The molecule has 19 heavy (non-hydrogen) atoms. The third-order valence-corrected chi connectivity index (χ3v) is 3.94. The summed E-state index contributed by atoms with van der Waals surface area (Å²) in [6.07, 6.45) is 2.46. The van der Waals surface area contributed by atoms with E-state index in [0.29, 0.717) is 11.9 Å². The van der Waals surface area contributed by atoms with Gasteiger partial charge in [0.2, 0.25) is 0 Å². The van der Waals surface area contributed by atoms with E-state index >= 15 is 0 Å². The Morgan fingerprint density at radius 1 is 1.37 bits per heavy atom. The maximum Gasteiger partial charge on any atom is 0.144 e. The molecule has 106 valence electrons. The first-order valence-corrected chi connectivity index (χ1v) is 7.11. The molecule has 1 saturated heterocycles. The number of anilines is 1. The van der Waals surface area contributed by atoms with Gasteiger partial charge in [0.1, 0.15) is 11.6 Å². The van der Waals surface area contributed by atoms with E-state index in [0.717, 1.165) is 24.6 Å². The van der Waals surface area contributed by atoms with E-state index in [2.05, 4.69) is 33.7 Å². The molecule has 0 unspecified atom stereocenters. The van der Waals surface area contributed by atoms with Gasteiger partial charge in [-0.1, -0.05) is 6.92 Å². The molecular formula is C14H25N5. The first kappa shape index (κ1) is 14.2. The van der Waals surface area contributed by atoms with Crippen LogP contribution in [0, 0.1) is 6.92 Å². The van der Waals surface area contributed by atoms with Crippen LogP contribution in [0.15, 0.2) is 6.07 Å². The van der Waals surface area contributed by atoms with Crippen LogP contribution in [0.25, 0.3) is 0 Å². The minimum atomic E-state index is 0.566. The molecule has 0 spiro atoms. The Morgan fingerprint density at radius 3 is 2.63 bits per heavy atom. The summed E-state index contributed by atoms with van der Waals surface area (Å²) in [5.74, 6) is 1.40. The maximum absolute atomic E-state index is 5.77. The lowest BCUT2D eigenvalue weighted by atomic mass is 10.0. The molecule has 1 aliphatic heterocycles. The number of hydrogen-bond acceptors (Lipinski definition) is 5. The molecule has 1 aromatic rings. The first-order chi connectivity index (χ1) is 9.08. The van der Waals surface area contributed by atoms with Gasteiger partial charge >= 0.3 is 0 Å². The number of rotatable bonds is 4. The van der Waals surface area contributed by atoms with Crippen LogP contribution in [-0.4, -0.2) is 52.5 Å². The van der Waals surface area contributed by atoms with Gasteiger partial charge in [0, 0.05) is 17.8 Å². The predicted molar refractivity (Wildman–Crippen MR) is 77.8 cm³/mol. The van der Waals surface area contributed by atoms with Crippen LogP contribution in [-0.2, 0) is 6.54 Å². The van der Waals surface area contributed by atoms with Crippen LogP contribution in [0.5, 0.6) is 0 Å². The predicted octanol–water partition coefficient (Wildman–Crippen LogP) is 1.28. The van der Waals surface area contributed by atoms with Gasteiger partial charge in [-0.2, -0.15) is 0 Å². The van der Waals surface area contributed by atoms with E-state index in [-0.39, 0.29) is 0 Å². The summed E-state index contributed by atoms with van der Waals surface area (Å²) in [5.41, 5.74) is 6.71. The molecule has 2 heterocycles. The number of likely N-dealkylation sites (tertiary alicyclic amines) is 1. The highest BCUT2D eigenvalue weighted by atomic mass is 15.2. The molecule has 1 aromatic heterocycles. The van der Waals surface area contributed by atoms with E-state index in [4.69, 9.17) is 5.73 Å². The summed E-state index contributed by atoms with van der Waals surface area (Å²) in [6.45, 7) is 8.52. The van der Waals surface area contributed by atoms with Crippen LogP contribution < -0.4 is 5.73 Å². The SMILES string of the molecule is CCN1CCC(N(C)Cc2nc(C)cc(N)n2)CC1. The van der Waals surface area contributed by atoms with Crippen LogP contribution in [0.3, 0.4) is 0 Å². The molecule has 0 amide bonds. The monoisotopic (exact) mass is 263 g/mol. The molecule has 0 aliphatic carbocycles. The van der Waals surface area contributed by atoms with Crippen LogP contribution >= 0.6 is 0 Å². The summed E-state index contributed by atoms with van der Waals surface area (Å²) < 4.78 is 0. The van der Waals surface area contributed by atoms with Gasteiger partial charge in [0.05, 0.1) is 6.54 Å². The van der Waals surface area contributed by atoms with Gasteiger partial charge in [-0.3, -0.25) is 4.90 Å². The summed E-state index contributed by atoms with van der Waals surface area (Å²) in [6, 6.07) is 2.44. The minimum absolute atomic E-state index is 0.566. The van der Waals surface area contributed by atoms with Crippen molar-refractivity contribution >= 4 is 5.82 Å². The number of hydrogen-bond donors (Lipinski definition) is 1. The second-order valence-electron chi connectivity index (χ2n) is 5.43. The second-order valence-corrected chi connectivity index (χ2v) is 5.43. The number of aromatic nitrogens is 2. The molecular weight excluding hydrogens is 238 g/mol. The first-order valence-electron chi connectivity index (χ1n) is 7.11. The fourth-order valence-electron chi connectivity index (χ4n) is 2.76. The molecule has 2 rings (SSSR count). The molecule has 1 aliphatic rings. The molecule has 0 aromatic carbocycles. The Kier molecular flexibility index (Phi) is 4.71. The van der Waals surface area contributed by atoms with E-state index < -0.39 is 0 Å². The summed E-state index contributed by atoms with van der Waals surface area (Å²) >= 11 is 0. The maximum atomic E-state index is 5.77. The Labute approximate surface area is 115 Å². The third kappa shape index (κ3) is 3.88. The summed E-state index contributed by atoms with van der Waals surface area (Å²) in [5, 5.41) is 0. The molecule has 1 fully saturated rings. The van der Waals surface area contributed by atoms with Gasteiger partial charge in [0.25, 0.3) is 0 Å². The van der Waals surface area contributed by atoms with Crippen LogP contribution in [0.2, 0.25) is 0 Å². The number of nitrogens with zero attached hydrogens (tertiary/aromatic N) is 4. The highest BCUT2D eigenvalue weighted by Crippen LogP contribution is 2.16. The number of nitrogens with two attached hydrogens (primary N) is 1. The van der Waals surface area contributed by atoms with E-state index in [1.165, 1.54) is 25.9 Å². The standard InChI is InChI=1S/C14H25N5/c1-4-19-7-5-12(6-8-19)18(3)10-14-16-11(2)9-13(15)17-14/h9,12H,4-8,10H2,1-3H3,(H2,15,16,17). The molecule has 0 bridgehead atoms. The van der Waals surface area contributed by atoms with E-state index in [1.807, 2.05) is 13.0 Å². The van der Waals surface area contributed by atoms with Gasteiger partial charge in [-0.15, -0.1) is 0 Å². The Hall–Kier alpha value is -1.20. The zero-order valence-corrected chi connectivity index (χ0v) is 12.3. The topological polar surface area (TPSA) is 58.3 Å². The summed E-state index contributed by atoms with van der Waals surface area (Å²) in [7, 11) is 2.16. The lowest BCUT2D eigenvalue weighted by Gasteiger charge is -2.36. The van der Waals surface area contributed by atoms with Crippen LogP contribution in [0.1, 0.15) is 31.3 Å². The van der Waals surface area contributed by atoms with Gasteiger partial charge < -0.3 is 10.6 Å². The highest BCUT2D eigenvalue weighted by molar-refractivity contribution is 5.29. The van der Waals surface area contributed by atoms with Crippen molar-refractivity contribution in [1.29, 1.82) is 0 Å². The fraction of sp³-hybridized carbons (Fsp3) is 0.714. The third-order valence-electron chi connectivity index (χ3n) is 3.94. The van der Waals surface area contributed by atoms with Crippen molar-refractivity contribution < 1.29 is 0 Å². The van der Waals surface area contributed by atoms with Crippen molar-refractivity contribution in [2.75, 3.05) is 32.4 Å². The van der Waals surface area contributed by atoms with Crippen LogP contribution in [0.4, 0.5) is 5.82 Å². The Morgan fingerprint density at radius 2 is 2.05 bits per heavy atom. The molecule has 2 N–H and O–H groups in total. The summed E-state index contributed by atoms with van der Waals surface area (Å²) in [4.78, 5) is 13.6. The quantitative estimate of drug-likeness (QED) is 0.887. The zero-order valence-electron chi connectivity index (χ0n) is 12.3. The van der Waals surface area contributed by atoms with Crippen molar-refractivity contribution in [1.82, 2.24) is 19.8 Å². The molecule has 5 heteroatoms. The number of aryl methyl sites for hydroxylation is 1.